The van der Waals surface area contributed by atoms with Gasteiger partial charge in [-0.25, -0.2) is 18.2 Å². The Labute approximate surface area is 112 Å². The zero-order chi connectivity index (χ0) is 14.6. The van der Waals surface area contributed by atoms with Crippen LogP contribution in [-0.4, -0.2) is 52.5 Å². The van der Waals surface area contributed by atoms with Gasteiger partial charge in [-0.15, -0.1) is 11.7 Å². The van der Waals surface area contributed by atoms with Crippen molar-refractivity contribution in [1.29, 1.82) is 0 Å². The van der Waals surface area contributed by atoms with Crippen molar-refractivity contribution in [3.05, 3.63) is 19.0 Å². The van der Waals surface area contributed by atoms with Crippen LogP contribution in [0.5, 0.6) is 0 Å². The van der Waals surface area contributed by atoms with Gasteiger partial charge in [0.05, 0.1) is 5.75 Å². The van der Waals surface area contributed by atoms with E-state index >= 15 is 0 Å². The second-order valence-electron chi connectivity index (χ2n) is 4.19. The molecule has 0 bridgehead atoms. The Bertz CT molecular complexity index is 562. The fourth-order valence-corrected chi connectivity index (χ4v) is 2.07. The zero-order valence-corrected chi connectivity index (χ0v) is 12.1. The Hall–Kier alpha value is -1.70. The molecule has 7 nitrogen and oxygen atoms in total. The fourth-order valence-electron chi connectivity index (χ4n) is 1.39. The SMILES string of the molecule is C=CCN(C(=O)n1cnc(S(=O)(=O)CC)n1)C(C)C. The van der Waals surface area contributed by atoms with Gasteiger partial charge in [-0.1, -0.05) is 13.0 Å². The van der Waals surface area contributed by atoms with Crippen LogP contribution in [0, 0.1) is 0 Å². The van der Waals surface area contributed by atoms with E-state index < -0.39 is 15.9 Å². The molecule has 8 heteroatoms. The molecule has 1 amide bonds. The van der Waals surface area contributed by atoms with Crippen molar-refractivity contribution in [3.63, 3.8) is 0 Å². The highest BCUT2D eigenvalue weighted by Gasteiger charge is 2.22. The van der Waals surface area contributed by atoms with Crippen LogP contribution in [0.1, 0.15) is 20.8 Å². The van der Waals surface area contributed by atoms with E-state index in [0.29, 0.717) is 6.54 Å². The smallest absolute Gasteiger partial charge is 0.317 e. The largest absolute Gasteiger partial charge is 0.346 e. The van der Waals surface area contributed by atoms with E-state index in [0.717, 1.165) is 11.0 Å². The van der Waals surface area contributed by atoms with Crippen molar-refractivity contribution in [3.8, 4) is 0 Å². The normalized spacial score (nSPS) is 11.6. The van der Waals surface area contributed by atoms with Crippen molar-refractivity contribution in [2.75, 3.05) is 12.3 Å². The van der Waals surface area contributed by atoms with Gasteiger partial charge in [0.25, 0.3) is 5.16 Å². The summed E-state index contributed by atoms with van der Waals surface area (Å²) in [6, 6.07) is -0.485. The molecule has 0 aliphatic rings. The number of rotatable bonds is 5. The summed E-state index contributed by atoms with van der Waals surface area (Å²) in [5, 5.41) is 3.40. The van der Waals surface area contributed by atoms with Crippen molar-refractivity contribution in [1.82, 2.24) is 19.7 Å². The monoisotopic (exact) mass is 286 g/mol. The molecule has 19 heavy (non-hydrogen) atoms. The maximum Gasteiger partial charge on any atom is 0.346 e. The van der Waals surface area contributed by atoms with Crippen LogP contribution in [-0.2, 0) is 9.84 Å². The lowest BCUT2D eigenvalue weighted by molar-refractivity contribution is 0.188. The molecule has 0 aromatic carbocycles. The summed E-state index contributed by atoms with van der Waals surface area (Å²) < 4.78 is 24.1. The van der Waals surface area contributed by atoms with Crippen molar-refractivity contribution >= 4 is 15.9 Å². The molecule has 0 N–H and O–H groups in total. The second kappa shape index (κ2) is 5.96. The van der Waals surface area contributed by atoms with Gasteiger partial charge >= 0.3 is 6.03 Å². The summed E-state index contributed by atoms with van der Waals surface area (Å²) in [6.07, 6.45) is 2.71. The third kappa shape index (κ3) is 3.40. The van der Waals surface area contributed by atoms with Crippen molar-refractivity contribution < 1.29 is 13.2 Å². The number of hydrogen-bond acceptors (Lipinski definition) is 5. The molecular formula is C11H18N4O3S. The highest BCUT2D eigenvalue weighted by molar-refractivity contribution is 7.91. The fraction of sp³-hybridized carbons (Fsp3) is 0.545. The summed E-state index contributed by atoms with van der Waals surface area (Å²) in [5.74, 6) is -0.105. The Morgan fingerprint density at radius 3 is 2.68 bits per heavy atom. The topological polar surface area (TPSA) is 85.2 Å². The second-order valence-corrected chi connectivity index (χ2v) is 6.36. The first-order valence-electron chi connectivity index (χ1n) is 5.89. The number of sulfone groups is 1. The molecule has 0 spiro atoms. The summed E-state index contributed by atoms with van der Waals surface area (Å²) >= 11 is 0. The third-order valence-electron chi connectivity index (χ3n) is 2.52. The van der Waals surface area contributed by atoms with Gasteiger partial charge in [0.2, 0.25) is 9.84 Å². The van der Waals surface area contributed by atoms with Crippen molar-refractivity contribution in [2.24, 2.45) is 0 Å². The van der Waals surface area contributed by atoms with Gasteiger partial charge in [-0.3, -0.25) is 0 Å². The van der Waals surface area contributed by atoms with E-state index in [9.17, 15) is 13.2 Å². The van der Waals surface area contributed by atoms with Gasteiger partial charge in [-0.2, -0.15) is 4.68 Å². The number of nitrogens with zero attached hydrogens (tertiary/aromatic N) is 4. The lowest BCUT2D eigenvalue weighted by Crippen LogP contribution is -2.40. The Morgan fingerprint density at radius 2 is 2.21 bits per heavy atom. The van der Waals surface area contributed by atoms with E-state index in [1.807, 2.05) is 13.8 Å². The quantitative estimate of drug-likeness (QED) is 0.752. The molecule has 0 radical (unpaired) electrons. The Kier molecular flexibility index (Phi) is 4.82. The minimum atomic E-state index is -3.50. The number of hydrogen-bond donors (Lipinski definition) is 0. The Morgan fingerprint density at radius 1 is 1.58 bits per heavy atom. The van der Waals surface area contributed by atoms with Gasteiger partial charge in [0, 0.05) is 12.6 Å². The molecule has 0 atom stereocenters. The number of carbonyl (C=O) groups is 1. The number of amides is 1. The average molecular weight is 286 g/mol. The van der Waals surface area contributed by atoms with Crippen molar-refractivity contribution in [2.45, 2.75) is 32.0 Å². The number of aromatic nitrogens is 3. The third-order valence-corrected chi connectivity index (χ3v) is 4.02. The lowest BCUT2D eigenvalue weighted by atomic mass is 10.3. The summed E-state index contributed by atoms with van der Waals surface area (Å²) in [5.41, 5.74) is 0. The van der Waals surface area contributed by atoms with Gasteiger partial charge in [-0.05, 0) is 13.8 Å². The van der Waals surface area contributed by atoms with Gasteiger partial charge in [0.1, 0.15) is 6.33 Å². The van der Waals surface area contributed by atoms with E-state index in [1.165, 1.54) is 11.8 Å². The predicted octanol–water partition coefficient (Wildman–Crippen LogP) is 0.936. The predicted molar refractivity (Wildman–Crippen MR) is 70.6 cm³/mol. The molecule has 0 unspecified atom stereocenters. The number of carbonyl (C=O) groups excluding carboxylic acids is 1. The van der Waals surface area contributed by atoms with Gasteiger partial charge < -0.3 is 4.90 Å². The minimum Gasteiger partial charge on any atom is -0.317 e. The van der Waals surface area contributed by atoms with Crippen LogP contribution < -0.4 is 0 Å². The van der Waals surface area contributed by atoms with Crippen LogP contribution in [0.25, 0.3) is 0 Å². The molecule has 1 aromatic heterocycles. The van der Waals surface area contributed by atoms with Crippen LogP contribution in [0.4, 0.5) is 4.79 Å². The molecule has 0 aliphatic heterocycles. The summed E-state index contributed by atoms with van der Waals surface area (Å²) in [6.45, 7) is 9.13. The molecule has 0 saturated carbocycles. The summed E-state index contributed by atoms with van der Waals surface area (Å²) in [4.78, 5) is 17.3. The first-order chi connectivity index (χ1) is 8.83. The minimum absolute atomic E-state index is 0.0547. The van der Waals surface area contributed by atoms with E-state index in [1.54, 1.807) is 6.08 Å². The van der Waals surface area contributed by atoms with Crippen LogP contribution in [0.2, 0.25) is 0 Å². The molecule has 0 aliphatic carbocycles. The zero-order valence-electron chi connectivity index (χ0n) is 11.3. The molecule has 1 rings (SSSR count). The average Bonchev–Trinajstić information content (AvgIpc) is 2.85. The van der Waals surface area contributed by atoms with Gasteiger partial charge in [0.15, 0.2) is 0 Å². The van der Waals surface area contributed by atoms with Crippen LogP contribution in [0.3, 0.4) is 0 Å². The van der Waals surface area contributed by atoms with Crippen LogP contribution in [0.15, 0.2) is 24.1 Å². The molecule has 0 fully saturated rings. The van der Waals surface area contributed by atoms with Crippen LogP contribution >= 0.6 is 0 Å². The molecule has 0 saturated heterocycles. The highest BCUT2D eigenvalue weighted by atomic mass is 32.2. The molecular weight excluding hydrogens is 268 g/mol. The Balaban J connectivity index is 3.04. The van der Waals surface area contributed by atoms with E-state index in [4.69, 9.17) is 0 Å². The van der Waals surface area contributed by atoms with E-state index in [-0.39, 0.29) is 17.0 Å². The maximum atomic E-state index is 12.1. The molecule has 1 aromatic rings. The summed E-state index contributed by atoms with van der Waals surface area (Å²) in [7, 11) is -3.50. The molecule has 1 heterocycles. The van der Waals surface area contributed by atoms with E-state index in [2.05, 4.69) is 16.7 Å². The molecule has 106 valence electrons. The first-order valence-corrected chi connectivity index (χ1v) is 7.55. The lowest BCUT2D eigenvalue weighted by Gasteiger charge is -2.24. The maximum absolute atomic E-state index is 12.1. The highest BCUT2D eigenvalue weighted by Crippen LogP contribution is 2.06. The first kappa shape index (κ1) is 15.4. The standard InChI is InChI=1S/C11H18N4O3S/c1-5-7-14(9(3)4)11(16)15-8-12-10(13-15)19(17,18)6-2/h5,8-9H,1,6-7H2,2-4H3.